The van der Waals surface area contributed by atoms with Crippen LogP contribution in [0, 0.1) is 15.9 Å². The van der Waals surface area contributed by atoms with E-state index in [-0.39, 0.29) is 18.4 Å². The fourth-order valence-corrected chi connectivity index (χ4v) is 2.86. The van der Waals surface area contributed by atoms with Gasteiger partial charge >= 0.3 is 0 Å². The third kappa shape index (κ3) is 4.89. The molecule has 0 fully saturated rings. The van der Waals surface area contributed by atoms with Crippen molar-refractivity contribution in [2.24, 2.45) is 0 Å². The maximum Gasteiger partial charge on any atom is 0.252 e. The van der Waals surface area contributed by atoms with E-state index in [1.165, 1.54) is 14.2 Å². The van der Waals surface area contributed by atoms with Gasteiger partial charge in [0, 0.05) is 14.8 Å². The predicted octanol–water partition coefficient (Wildman–Crippen LogP) is 2.66. The van der Waals surface area contributed by atoms with E-state index in [0.29, 0.717) is 31.9 Å². The summed E-state index contributed by atoms with van der Waals surface area (Å²) in [6.45, 7) is -0.177. The van der Waals surface area contributed by atoms with Crippen LogP contribution in [0.1, 0.15) is 15.9 Å². The van der Waals surface area contributed by atoms with E-state index in [2.05, 4.69) is 16.6 Å². The number of terminal acetylenes is 1. The SMILES string of the molecule is C#Cc1cccc(NC(=O)CNC(=O)c2cc(OC)c(OC)cc2I)c1. The van der Waals surface area contributed by atoms with Crippen molar-refractivity contribution in [2.45, 2.75) is 0 Å². The molecule has 2 N–H and O–H groups in total. The van der Waals surface area contributed by atoms with Gasteiger partial charge in [-0.15, -0.1) is 6.42 Å². The molecule has 0 saturated heterocycles. The highest BCUT2D eigenvalue weighted by atomic mass is 127. The zero-order chi connectivity index (χ0) is 19.1. The van der Waals surface area contributed by atoms with Crippen molar-refractivity contribution in [3.05, 3.63) is 51.1 Å². The fourth-order valence-electron chi connectivity index (χ4n) is 2.18. The van der Waals surface area contributed by atoms with E-state index in [1.54, 1.807) is 36.4 Å². The number of amides is 2. The highest BCUT2D eigenvalue weighted by molar-refractivity contribution is 14.1. The summed E-state index contributed by atoms with van der Waals surface area (Å²) in [4.78, 5) is 24.4. The number of hydrogen-bond donors (Lipinski definition) is 2. The number of rotatable bonds is 6. The largest absolute Gasteiger partial charge is 0.493 e. The molecule has 0 saturated carbocycles. The Morgan fingerprint density at radius 1 is 1.15 bits per heavy atom. The summed E-state index contributed by atoms with van der Waals surface area (Å²) in [5.41, 5.74) is 1.62. The van der Waals surface area contributed by atoms with Gasteiger partial charge < -0.3 is 20.1 Å². The van der Waals surface area contributed by atoms with Gasteiger partial charge in [-0.2, -0.15) is 0 Å². The van der Waals surface area contributed by atoms with Crippen LogP contribution in [-0.2, 0) is 4.79 Å². The molecule has 0 aliphatic heterocycles. The van der Waals surface area contributed by atoms with E-state index in [1.807, 2.05) is 22.6 Å². The molecule has 0 spiro atoms. The highest BCUT2D eigenvalue weighted by Crippen LogP contribution is 2.31. The number of nitrogens with one attached hydrogen (secondary N) is 2. The summed E-state index contributed by atoms with van der Waals surface area (Å²) in [5.74, 6) is 2.72. The Hall–Kier alpha value is -2.73. The molecule has 0 unspecified atom stereocenters. The van der Waals surface area contributed by atoms with Crippen LogP contribution in [0.15, 0.2) is 36.4 Å². The second-order valence-corrected chi connectivity index (χ2v) is 6.31. The molecular formula is C19H17IN2O4. The third-order valence-corrected chi connectivity index (χ3v) is 4.33. The Balaban J connectivity index is 2.02. The van der Waals surface area contributed by atoms with Gasteiger partial charge in [-0.3, -0.25) is 9.59 Å². The topological polar surface area (TPSA) is 76.7 Å². The van der Waals surface area contributed by atoms with E-state index in [9.17, 15) is 9.59 Å². The second-order valence-electron chi connectivity index (χ2n) is 5.14. The zero-order valence-corrected chi connectivity index (χ0v) is 16.4. The molecular weight excluding hydrogens is 447 g/mol. The minimum atomic E-state index is -0.386. The fraction of sp³-hybridized carbons (Fsp3) is 0.158. The number of methoxy groups -OCH3 is 2. The average molecular weight is 464 g/mol. The van der Waals surface area contributed by atoms with Crippen LogP contribution in [0.3, 0.4) is 0 Å². The number of hydrogen-bond acceptors (Lipinski definition) is 4. The first-order valence-electron chi connectivity index (χ1n) is 7.54. The van der Waals surface area contributed by atoms with Gasteiger partial charge in [0.25, 0.3) is 5.91 Å². The first kappa shape index (κ1) is 19.6. The Labute approximate surface area is 165 Å². The van der Waals surface area contributed by atoms with Crippen LogP contribution in [0.25, 0.3) is 0 Å². The minimum Gasteiger partial charge on any atom is -0.493 e. The Bertz CT molecular complexity index is 874. The van der Waals surface area contributed by atoms with Crippen molar-refractivity contribution >= 4 is 40.1 Å². The van der Waals surface area contributed by atoms with Crippen molar-refractivity contribution in [2.75, 3.05) is 26.1 Å². The summed E-state index contributed by atoms with van der Waals surface area (Å²) in [6.07, 6.45) is 5.33. The van der Waals surface area contributed by atoms with E-state index >= 15 is 0 Å². The number of benzene rings is 2. The average Bonchev–Trinajstić information content (AvgIpc) is 2.65. The normalized spacial score (nSPS) is 9.77. The maximum atomic E-state index is 12.4. The number of carbonyl (C=O) groups excluding carboxylic acids is 2. The van der Waals surface area contributed by atoms with E-state index < -0.39 is 0 Å². The van der Waals surface area contributed by atoms with Crippen LogP contribution in [0.5, 0.6) is 11.5 Å². The lowest BCUT2D eigenvalue weighted by atomic mass is 10.2. The molecule has 2 amide bonds. The van der Waals surface area contributed by atoms with Gasteiger partial charge in [0.1, 0.15) is 0 Å². The lowest BCUT2D eigenvalue weighted by Crippen LogP contribution is -2.33. The van der Waals surface area contributed by atoms with Gasteiger partial charge in [0.05, 0.1) is 26.3 Å². The molecule has 26 heavy (non-hydrogen) atoms. The smallest absolute Gasteiger partial charge is 0.252 e. The Morgan fingerprint density at radius 2 is 1.85 bits per heavy atom. The van der Waals surface area contributed by atoms with Crippen LogP contribution in [-0.4, -0.2) is 32.6 Å². The van der Waals surface area contributed by atoms with Crippen LogP contribution in [0.2, 0.25) is 0 Å². The van der Waals surface area contributed by atoms with Crippen molar-refractivity contribution < 1.29 is 19.1 Å². The van der Waals surface area contributed by atoms with E-state index in [0.717, 1.165) is 0 Å². The van der Waals surface area contributed by atoms with Crippen molar-refractivity contribution in [1.82, 2.24) is 5.32 Å². The first-order valence-corrected chi connectivity index (χ1v) is 8.62. The van der Waals surface area contributed by atoms with Gasteiger partial charge in [-0.25, -0.2) is 0 Å². The molecule has 2 aromatic rings. The molecule has 0 aromatic heterocycles. The molecule has 0 aliphatic carbocycles. The maximum absolute atomic E-state index is 12.4. The number of carbonyl (C=O) groups is 2. The summed E-state index contributed by atoms with van der Waals surface area (Å²) in [5, 5.41) is 5.27. The molecule has 0 aliphatic rings. The summed E-state index contributed by atoms with van der Waals surface area (Å²) >= 11 is 2.03. The first-order chi connectivity index (χ1) is 12.5. The third-order valence-electron chi connectivity index (χ3n) is 3.44. The highest BCUT2D eigenvalue weighted by Gasteiger charge is 2.16. The molecule has 7 heteroatoms. The van der Waals surface area contributed by atoms with Crippen LogP contribution < -0.4 is 20.1 Å². The van der Waals surface area contributed by atoms with Crippen molar-refractivity contribution in [3.8, 4) is 23.8 Å². The van der Waals surface area contributed by atoms with E-state index in [4.69, 9.17) is 15.9 Å². The van der Waals surface area contributed by atoms with Crippen molar-refractivity contribution in [1.29, 1.82) is 0 Å². The zero-order valence-electron chi connectivity index (χ0n) is 14.3. The van der Waals surface area contributed by atoms with Crippen LogP contribution in [0.4, 0.5) is 5.69 Å². The Kier molecular flexibility index (Phi) is 6.86. The van der Waals surface area contributed by atoms with Gasteiger partial charge in [-0.05, 0) is 52.9 Å². The molecule has 0 atom stereocenters. The summed E-state index contributed by atoms with van der Waals surface area (Å²) in [6, 6.07) is 10.2. The molecule has 134 valence electrons. The quantitative estimate of drug-likeness (QED) is 0.510. The van der Waals surface area contributed by atoms with Crippen LogP contribution >= 0.6 is 22.6 Å². The molecule has 0 radical (unpaired) electrons. The lowest BCUT2D eigenvalue weighted by molar-refractivity contribution is -0.115. The van der Waals surface area contributed by atoms with Gasteiger partial charge in [0.2, 0.25) is 5.91 Å². The predicted molar refractivity (Wildman–Crippen MR) is 108 cm³/mol. The molecule has 2 rings (SSSR count). The molecule has 6 nitrogen and oxygen atoms in total. The summed E-state index contributed by atoms with van der Waals surface area (Å²) in [7, 11) is 3.01. The molecule has 0 heterocycles. The monoisotopic (exact) mass is 464 g/mol. The van der Waals surface area contributed by atoms with Gasteiger partial charge in [-0.1, -0.05) is 12.0 Å². The lowest BCUT2D eigenvalue weighted by Gasteiger charge is -2.12. The minimum absolute atomic E-state index is 0.177. The number of ether oxygens (including phenoxy) is 2. The second kappa shape index (κ2) is 9.10. The number of anilines is 1. The van der Waals surface area contributed by atoms with Gasteiger partial charge in [0.15, 0.2) is 11.5 Å². The number of halogens is 1. The summed E-state index contributed by atoms with van der Waals surface area (Å²) < 4.78 is 11.1. The Morgan fingerprint density at radius 3 is 2.50 bits per heavy atom. The molecule has 2 aromatic carbocycles. The van der Waals surface area contributed by atoms with Crippen molar-refractivity contribution in [3.63, 3.8) is 0 Å². The molecule has 0 bridgehead atoms. The standard InChI is InChI=1S/C19H17IN2O4/c1-4-12-6-5-7-13(8-12)22-18(23)11-21-19(24)14-9-16(25-2)17(26-3)10-15(14)20/h1,5-10H,11H2,2-3H3,(H,21,24)(H,22,23).